The molecule has 0 saturated heterocycles. The van der Waals surface area contributed by atoms with Crippen LogP contribution >= 0.6 is 23.1 Å². The molecular weight excluding hydrogens is 428 g/mol. The zero-order valence-corrected chi connectivity index (χ0v) is 19.1. The van der Waals surface area contributed by atoms with Crippen LogP contribution in [0.3, 0.4) is 0 Å². The van der Waals surface area contributed by atoms with Crippen LogP contribution in [0, 0.1) is 0 Å². The molecule has 0 bridgehead atoms. The third kappa shape index (κ3) is 4.16. The average Bonchev–Trinajstić information content (AvgIpc) is 3.08. The molecule has 2 aromatic carbocycles. The molecule has 1 atom stereocenters. The molecule has 31 heavy (non-hydrogen) atoms. The van der Waals surface area contributed by atoms with E-state index in [0.29, 0.717) is 20.6 Å². The average molecular weight is 451 g/mol. The fourth-order valence-corrected chi connectivity index (χ4v) is 5.05. The number of esters is 1. The van der Waals surface area contributed by atoms with E-state index in [9.17, 15) is 9.59 Å². The second-order valence-electron chi connectivity index (χ2n) is 6.99. The van der Waals surface area contributed by atoms with Gasteiger partial charge in [-0.3, -0.25) is 9.36 Å². The molecular formula is C24H22N2O3S2. The summed E-state index contributed by atoms with van der Waals surface area (Å²) in [5, 5.41) is 0. The summed E-state index contributed by atoms with van der Waals surface area (Å²) in [4.78, 5) is 32.6. The van der Waals surface area contributed by atoms with E-state index in [4.69, 9.17) is 4.74 Å². The standard InChI is InChI=1S/C24H22N2O3S2/c1-4-29-23(28)20-15(2)25-24-26(21(20)17-8-6-5-7-9-17)22(27)19(31-24)14-16-10-12-18(30-3)13-11-16/h5-14,21H,4H2,1-3H3. The first-order valence-electron chi connectivity index (χ1n) is 9.92. The largest absolute Gasteiger partial charge is 0.463 e. The molecule has 7 heteroatoms. The molecule has 0 saturated carbocycles. The molecule has 1 aliphatic heterocycles. The minimum Gasteiger partial charge on any atom is -0.463 e. The van der Waals surface area contributed by atoms with E-state index in [1.54, 1.807) is 30.2 Å². The van der Waals surface area contributed by atoms with Gasteiger partial charge in [-0.1, -0.05) is 53.8 Å². The number of hydrogen-bond donors (Lipinski definition) is 0. The van der Waals surface area contributed by atoms with Gasteiger partial charge in [-0.05, 0) is 49.4 Å². The van der Waals surface area contributed by atoms with Gasteiger partial charge in [-0.25, -0.2) is 9.79 Å². The number of thioether (sulfide) groups is 1. The maximum atomic E-state index is 13.5. The van der Waals surface area contributed by atoms with Crippen molar-refractivity contribution in [1.82, 2.24) is 4.57 Å². The van der Waals surface area contributed by atoms with Crippen molar-refractivity contribution in [3.05, 3.63) is 96.7 Å². The van der Waals surface area contributed by atoms with Crippen molar-refractivity contribution in [2.24, 2.45) is 4.99 Å². The van der Waals surface area contributed by atoms with Crippen molar-refractivity contribution >= 4 is 35.1 Å². The topological polar surface area (TPSA) is 60.7 Å². The lowest BCUT2D eigenvalue weighted by Crippen LogP contribution is -2.39. The number of carbonyl (C=O) groups excluding carboxylic acids is 1. The van der Waals surface area contributed by atoms with Gasteiger partial charge in [-0.2, -0.15) is 0 Å². The van der Waals surface area contributed by atoms with E-state index < -0.39 is 12.0 Å². The highest BCUT2D eigenvalue weighted by atomic mass is 32.2. The summed E-state index contributed by atoms with van der Waals surface area (Å²) in [5.41, 5.74) is 2.60. The predicted molar refractivity (Wildman–Crippen MR) is 125 cm³/mol. The van der Waals surface area contributed by atoms with E-state index in [1.165, 1.54) is 11.3 Å². The van der Waals surface area contributed by atoms with Gasteiger partial charge in [0, 0.05) is 4.90 Å². The predicted octanol–water partition coefficient (Wildman–Crippen LogP) is 3.52. The van der Waals surface area contributed by atoms with Crippen LogP contribution in [0.1, 0.15) is 31.0 Å². The SMILES string of the molecule is CCOC(=O)C1=C(C)N=c2sc(=Cc3ccc(SC)cc3)c(=O)n2C1c1ccccc1. The molecule has 3 aromatic rings. The van der Waals surface area contributed by atoms with Crippen LogP contribution in [0.15, 0.2) is 80.5 Å². The molecule has 0 aliphatic carbocycles. The van der Waals surface area contributed by atoms with Gasteiger partial charge in [0.15, 0.2) is 4.80 Å². The Labute approximate surface area is 188 Å². The number of allylic oxidation sites excluding steroid dienone is 1. The molecule has 0 N–H and O–H groups in total. The minimum absolute atomic E-state index is 0.166. The molecule has 0 amide bonds. The van der Waals surface area contributed by atoms with Gasteiger partial charge in [-0.15, -0.1) is 11.8 Å². The lowest BCUT2D eigenvalue weighted by Gasteiger charge is -2.24. The zero-order chi connectivity index (χ0) is 22.0. The smallest absolute Gasteiger partial charge is 0.338 e. The van der Waals surface area contributed by atoms with Crippen molar-refractivity contribution in [3.63, 3.8) is 0 Å². The fourth-order valence-electron chi connectivity index (χ4n) is 3.59. The maximum Gasteiger partial charge on any atom is 0.338 e. The summed E-state index contributed by atoms with van der Waals surface area (Å²) < 4.78 is 7.49. The number of hydrogen-bond acceptors (Lipinski definition) is 6. The molecule has 1 aromatic heterocycles. The lowest BCUT2D eigenvalue weighted by atomic mass is 9.96. The van der Waals surface area contributed by atoms with Crippen molar-refractivity contribution in [2.75, 3.05) is 12.9 Å². The summed E-state index contributed by atoms with van der Waals surface area (Å²) in [6, 6.07) is 17.0. The first-order chi connectivity index (χ1) is 15.0. The first kappa shape index (κ1) is 21.3. The van der Waals surface area contributed by atoms with Crippen LogP contribution < -0.4 is 14.9 Å². The van der Waals surface area contributed by atoms with E-state index in [-0.39, 0.29) is 12.2 Å². The lowest BCUT2D eigenvalue weighted by molar-refractivity contribution is -0.139. The highest BCUT2D eigenvalue weighted by Crippen LogP contribution is 2.30. The highest BCUT2D eigenvalue weighted by molar-refractivity contribution is 7.98. The molecule has 0 radical (unpaired) electrons. The quantitative estimate of drug-likeness (QED) is 0.441. The Bertz CT molecular complexity index is 1320. The molecule has 2 heterocycles. The highest BCUT2D eigenvalue weighted by Gasteiger charge is 2.33. The number of fused-ring (bicyclic) bond motifs is 1. The van der Waals surface area contributed by atoms with Gasteiger partial charge >= 0.3 is 5.97 Å². The number of aromatic nitrogens is 1. The third-order valence-electron chi connectivity index (χ3n) is 5.05. The Morgan fingerprint density at radius 1 is 1.19 bits per heavy atom. The van der Waals surface area contributed by atoms with E-state index in [1.807, 2.05) is 66.9 Å². The van der Waals surface area contributed by atoms with Gasteiger partial charge < -0.3 is 4.74 Å². The Morgan fingerprint density at radius 2 is 1.90 bits per heavy atom. The Morgan fingerprint density at radius 3 is 2.55 bits per heavy atom. The number of ether oxygens (including phenoxy) is 1. The molecule has 4 rings (SSSR count). The number of thiazole rings is 1. The van der Waals surface area contributed by atoms with E-state index in [0.717, 1.165) is 16.0 Å². The second-order valence-corrected chi connectivity index (χ2v) is 8.87. The molecule has 5 nitrogen and oxygen atoms in total. The maximum absolute atomic E-state index is 13.5. The van der Waals surface area contributed by atoms with Crippen LogP contribution in [0.25, 0.3) is 6.08 Å². The van der Waals surface area contributed by atoms with Crippen molar-refractivity contribution in [2.45, 2.75) is 24.8 Å². The number of carbonyl (C=O) groups is 1. The van der Waals surface area contributed by atoms with Crippen LogP contribution in [0.2, 0.25) is 0 Å². The second kappa shape index (κ2) is 9.08. The first-order valence-corrected chi connectivity index (χ1v) is 12.0. The van der Waals surface area contributed by atoms with E-state index >= 15 is 0 Å². The number of nitrogens with zero attached hydrogens (tertiary/aromatic N) is 2. The molecule has 1 aliphatic rings. The zero-order valence-electron chi connectivity index (χ0n) is 17.5. The number of rotatable bonds is 5. The summed E-state index contributed by atoms with van der Waals surface area (Å²) in [5.74, 6) is -0.445. The minimum atomic E-state index is -0.572. The third-order valence-corrected chi connectivity index (χ3v) is 6.77. The van der Waals surface area contributed by atoms with Gasteiger partial charge in [0.05, 0.1) is 28.5 Å². The van der Waals surface area contributed by atoms with Gasteiger partial charge in [0.1, 0.15) is 0 Å². The van der Waals surface area contributed by atoms with Crippen LogP contribution in [-0.4, -0.2) is 23.4 Å². The number of benzene rings is 2. The summed E-state index contributed by atoms with van der Waals surface area (Å²) in [6.07, 6.45) is 3.90. The van der Waals surface area contributed by atoms with Crippen molar-refractivity contribution in [1.29, 1.82) is 0 Å². The van der Waals surface area contributed by atoms with Crippen LogP contribution in [-0.2, 0) is 9.53 Å². The van der Waals surface area contributed by atoms with Gasteiger partial charge in [0.2, 0.25) is 0 Å². The summed E-state index contributed by atoms with van der Waals surface area (Å²) in [7, 11) is 0. The molecule has 0 spiro atoms. The van der Waals surface area contributed by atoms with Crippen molar-refractivity contribution < 1.29 is 9.53 Å². The van der Waals surface area contributed by atoms with E-state index in [2.05, 4.69) is 4.99 Å². The molecule has 1 unspecified atom stereocenters. The van der Waals surface area contributed by atoms with Crippen LogP contribution in [0.4, 0.5) is 0 Å². The normalized spacial score (nSPS) is 16.1. The fraction of sp³-hybridized carbons (Fsp3) is 0.208. The van der Waals surface area contributed by atoms with Crippen LogP contribution in [0.5, 0.6) is 0 Å². The Balaban J connectivity index is 1.91. The van der Waals surface area contributed by atoms with Gasteiger partial charge in [0.25, 0.3) is 5.56 Å². The summed E-state index contributed by atoms with van der Waals surface area (Å²) >= 11 is 3.01. The Hall–Kier alpha value is -2.90. The molecule has 0 fully saturated rings. The molecule has 158 valence electrons. The Kier molecular flexibility index (Phi) is 6.25. The summed E-state index contributed by atoms with van der Waals surface area (Å²) in [6.45, 7) is 3.82. The van der Waals surface area contributed by atoms with Crippen molar-refractivity contribution in [3.8, 4) is 0 Å². The monoisotopic (exact) mass is 450 g/mol.